The Balaban J connectivity index is 3.69. The lowest BCUT2D eigenvalue weighted by molar-refractivity contribution is 1.76. The van der Waals surface area contributed by atoms with E-state index >= 15 is 0 Å². The first-order chi connectivity index (χ1) is 4.41. The minimum Gasteiger partial charge on any atom is -0.125 e. The minimum atomic E-state index is 1.79. The quantitative estimate of drug-likeness (QED) is 0.281. The predicted molar refractivity (Wildman–Crippen MR) is 40.9 cm³/mol. The van der Waals surface area contributed by atoms with Gasteiger partial charge < -0.3 is 0 Å². The molecule has 0 N–H and O–H groups in total. The van der Waals surface area contributed by atoms with E-state index < -0.39 is 0 Å². The molecule has 0 atom stereocenters. The second-order valence-corrected chi connectivity index (χ2v) is 1.38. The molecule has 0 saturated heterocycles. The smallest absolute Gasteiger partial charge is 0.00235 e. The van der Waals surface area contributed by atoms with Gasteiger partial charge in [-0.1, -0.05) is 5.92 Å². The Kier molecular flexibility index (Phi) is 5.93. The van der Waals surface area contributed by atoms with Gasteiger partial charge in [0.05, 0.1) is 0 Å². The largest absolute Gasteiger partial charge is 0.125 e. The number of hydrogen-bond donors (Lipinski definition) is 0. The highest BCUT2D eigenvalue weighted by atomic mass is 13.6. The highest BCUT2D eigenvalue weighted by Crippen LogP contribution is 1.71. The summed E-state index contributed by atoms with van der Waals surface area (Å²) in [6.07, 6.45) is 7.32. The highest BCUT2D eigenvalue weighted by Gasteiger charge is 1.53. The molecule has 0 aromatic rings. The molecular weight excluding hydrogens is 108 g/mol. The second-order valence-electron chi connectivity index (χ2n) is 1.38. The molecular formula is C9H10. The summed E-state index contributed by atoms with van der Waals surface area (Å²) in [5, 5.41) is 0. The van der Waals surface area contributed by atoms with Crippen LogP contribution in [0.3, 0.4) is 0 Å². The van der Waals surface area contributed by atoms with Gasteiger partial charge in [-0.3, -0.25) is 0 Å². The van der Waals surface area contributed by atoms with Crippen LogP contribution in [0.2, 0.25) is 0 Å². The molecule has 0 aromatic carbocycles. The topological polar surface area (TPSA) is 0 Å². The maximum Gasteiger partial charge on any atom is -0.00235 e. The van der Waals surface area contributed by atoms with Crippen LogP contribution in [0.15, 0.2) is 30.0 Å². The SMILES string of the molecule is CC#C/C=C\C=C=CC. The van der Waals surface area contributed by atoms with Crippen molar-refractivity contribution in [3.8, 4) is 11.8 Å². The fraction of sp³-hybridized carbons (Fsp3) is 0.222. The zero-order valence-corrected chi connectivity index (χ0v) is 5.81. The summed E-state index contributed by atoms with van der Waals surface area (Å²) in [5.74, 6) is 5.54. The predicted octanol–water partition coefficient (Wildman–Crippen LogP) is 2.30. The summed E-state index contributed by atoms with van der Waals surface area (Å²) < 4.78 is 0. The van der Waals surface area contributed by atoms with Crippen LogP contribution >= 0.6 is 0 Å². The van der Waals surface area contributed by atoms with Gasteiger partial charge in [-0.2, -0.15) is 0 Å². The van der Waals surface area contributed by atoms with Crippen molar-refractivity contribution in [1.29, 1.82) is 0 Å². The van der Waals surface area contributed by atoms with Crippen molar-refractivity contribution in [2.75, 3.05) is 0 Å². The van der Waals surface area contributed by atoms with Gasteiger partial charge in [0.15, 0.2) is 0 Å². The molecule has 0 nitrogen and oxygen atoms in total. The number of hydrogen-bond acceptors (Lipinski definition) is 0. The molecule has 0 spiro atoms. The van der Waals surface area contributed by atoms with Crippen LogP contribution < -0.4 is 0 Å². The van der Waals surface area contributed by atoms with E-state index in [9.17, 15) is 0 Å². The van der Waals surface area contributed by atoms with Crippen LogP contribution in [0.25, 0.3) is 0 Å². The van der Waals surface area contributed by atoms with Gasteiger partial charge in [-0.15, -0.1) is 11.7 Å². The Labute approximate surface area is 56.6 Å². The van der Waals surface area contributed by atoms with Crippen molar-refractivity contribution in [3.05, 3.63) is 30.0 Å². The molecule has 9 heavy (non-hydrogen) atoms. The molecule has 0 unspecified atom stereocenters. The Bertz CT molecular complexity index is 190. The standard InChI is InChI=1S/C9H10/c1-3-5-7-9-8-6-4-2/h3,7-9H,1-2H3/b9-8-. The van der Waals surface area contributed by atoms with Gasteiger partial charge in [0.25, 0.3) is 0 Å². The van der Waals surface area contributed by atoms with Crippen molar-refractivity contribution < 1.29 is 0 Å². The minimum absolute atomic E-state index is 1.79. The number of rotatable bonds is 1. The lowest BCUT2D eigenvalue weighted by atomic mass is 10.4. The summed E-state index contributed by atoms with van der Waals surface area (Å²) in [4.78, 5) is 0. The number of allylic oxidation sites excluding steroid dienone is 3. The van der Waals surface area contributed by atoms with Crippen molar-refractivity contribution in [3.63, 3.8) is 0 Å². The monoisotopic (exact) mass is 118 g/mol. The molecule has 0 bridgehead atoms. The molecule has 0 heteroatoms. The fourth-order valence-electron chi connectivity index (χ4n) is 0.331. The van der Waals surface area contributed by atoms with E-state index in [0.717, 1.165) is 0 Å². The molecule has 46 valence electrons. The van der Waals surface area contributed by atoms with Crippen molar-refractivity contribution in [2.45, 2.75) is 13.8 Å². The first-order valence-electron chi connectivity index (χ1n) is 2.86. The average Bonchev–Trinajstić information content (AvgIpc) is 1.89. The Hall–Kier alpha value is -1.18. The van der Waals surface area contributed by atoms with Crippen molar-refractivity contribution >= 4 is 0 Å². The zero-order chi connectivity index (χ0) is 6.95. The third-order valence-corrected chi connectivity index (χ3v) is 0.683. The van der Waals surface area contributed by atoms with Crippen LogP contribution in [0.4, 0.5) is 0 Å². The van der Waals surface area contributed by atoms with Gasteiger partial charge in [0.2, 0.25) is 0 Å². The Morgan fingerprint density at radius 3 is 2.67 bits per heavy atom. The molecule has 0 aromatic heterocycles. The maximum absolute atomic E-state index is 2.90. The highest BCUT2D eigenvalue weighted by molar-refractivity contribution is 5.18. The van der Waals surface area contributed by atoms with Crippen LogP contribution in [0.1, 0.15) is 13.8 Å². The van der Waals surface area contributed by atoms with E-state index in [1.807, 2.05) is 32.1 Å². The Morgan fingerprint density at radius 1 is 1.33 bits per heavy atom. The molecule has 0 fully saturated rings. The second kappa shape index (κ2) is 6.82. The maximum atomic E-state index is 2.90. The summed E-state index contributed by atoms with van der Waals surface area (Å²) in [5.41, 5.74) is 2.90. The third-order valence-electron chi connectivity index (χ3n) is 0.683. The van der Waals surface area contributed by atoms with Crippen molar-refractivity contribution in [1.82, 2.24) is 0 Å². The lowest BCUT2D eigenvalue weighted by Crippen LogP contribution is -1.46. The zero-order valence-electron chi connectivity index (χ0n) is 5.81. The van der Waals surface area contributed by atoms with E-state index in [-0.39, 0.29) is 0 Å². The van der Waals surface area contributed by atoms with Gasteiger partial charge in [-0.05, 0) is 38.2 Å². The van der Waals surface area contributed by atoms with E-state index in [1.54, 1.807) is 6.08 Å². The van der Waals surface area contributed by atoms with E-state index in [0.29, 0.717) is 0 Å². The first kappa shape index (κ1) is 7.82. The van der Waals surface area contributed by atoms with E-state index in [1.165, 1.54) is 0 Å². The Morgan fingerprint density at radius 2 is 2.11 bits per heavy atom. The summed E-state index contributed by atoms with van der Waals surface area (Å²) >= 11 is 0. The third kappa shape index (κ3) is 6.82. The molecule has 0 aliphatic heterocycles. The molecule has 0 amide bonds. The van der Waals surface area contributed by atoms with Crippen LogP contribution in [-0.2, 0) is 0 Å². The molecule has 0 aliphatic rings. The molecule has 0 saturated carbocycles. The van der Waals surface area contributed by atoms with E-state index in [2.05, 4.69) is 17.6 Å². The summed E-state index contributed by atoms with van der Waals surface area (Å²) in [7, 11) is 0. The molecule has 0 heterocycles. The summed E-state index contributed by atoms with van der Waals surface area (Å²) in [6, 6.07) is 0. The van der Waals surface area contributed by atoms with E-state index in [4.69, 9.17) is 0 Å². The average molecular weight is 118 g/mol. The van der Waals surface area contributed by atoms with Gasteiger partial charge in [0.1, 0.15) is 0 Å². The van der Waals surface area contributed by atoms with Gasteiger partial charge in [-0.25, -0.2) is 0 Å². The normalized spacial score (nSPS) is 7.33. The lowest BCUT2D eigenvalue weighted by Gasteiger charge is -1.62. The van der Waals surface area contributed by atoms with Crippen LogP contribution in [0.5, 0.6) is 0 Å². The molecule has 0 rings (SSSR count). The van der Waals surface area contributed by atoms with Gasteiger partial charge >= 0.3 is 0 Å². The summed E-state index contributed by atoms with van der Waals surface area (Å²) in [6.45, 7) is 3.74. The van der Waals surface area contributed by atoms with Gasteiger partial charge in [0, 0.05) is 0 Å². The van der Waals surface area contributed by atoms with Crippen LogP contribution in [-0.4, -0.2) is 0 Å². The molecule has 0 aliphatic carbocycles. The fourth-order valence-corrected chi connectivity index (χ4v) is 0.331. The van der Waals surface area contributed by atoms with Crippen molar-refractivity contribution in [2.24, 2.45) is 0 Å². The van der Waals surface area contributed by atoms with Crippen LogP contribution in [0, 0.1) is 11.8 Å². The first-order valence-corrected chi connectivity index (χ1v) is 2.86. The molecule has 0 radical (unpaired) electrons.